The number of benzene rings is 1. The van der Waals surface area contributed by atoms with Crippen molar-refractivity contribution in [1.29, 1.82) is 0 Å². The number of hydrogen-bond donors (Lipinski definition) is 0. The lowest BCUT2D eigenvalue weighted by Gasteiger charge is -2.00. The van der Waals surface area contributed by atoms with Gasteiger partial charge in [-0.2, -0.15) is 0 Å². The monoisotopic (exact) mass is 186 g/mol. The molecule has 2 atom stereocenters. The van der Waals surface area contributed by atoms with E-state index in [1.54, 1.807) is 31.4 Å². The average Bonchev–Trinajstić information content (AvgIpc) is 2.15. The van der Waals surface area contributed by atoms with E-state index in [1.807, 2.05) is 0 Å². The van der Waals surface area contributed by atoms with Gasteiger partial charge in [0.1, 0.15) is 5.75 Å². The van der Waals surface area contributed by atoms with Crippen LogP contribution < -0.4 is 4.74 Å². The molecule has 1 rings (SSSR count). The van der Waals surface area contributed by atoms with Crippen LogP contribution in [0.4, 0.5) is 0 Å². The fourth-order valence-electron chi connectivity index (χ4n) is 0.817. The predicted octanol–water partition coefficient (Wildman–Crippen LogP) is 1.82. The number of rotatable bonds is 3. The first-order chi connectivity index (χ1) is 6.45. The Hall–Kier alpha value is -0.830. The first-order valence-electron chi connectivity index (χ1n) is 4.51. The fourth-order valence-corrected chi connectivity index (χ4v) is 1.44. The molecule has 0 heterocycles. The minimum atomic E-state index is -1.71. The third-order valence-corrected chi connectivity index (χ3v) is 2.53. The van der Waals surface area contributed by atoms with E-state index in [4.69, 9.17) is 7.48 Å². The highest BCUT2D eigenvalue weighted by Gasteiger charge is 1.99. The first-order valence-corrected chi connectivity index (χ1v) is 4.66. The maximum atomic E-state index is 11.6. The maximum Gasteiger partial charge on any atom is 0.118 e. The molecule has 0 aliphatic rings. The topological polar surface area (TPSA) is 26.3 Å². The Balaban J connectivity index is 2.93. The van der Waals surface area contributed by atoms with Crippen LogP contribution in [0.1, 0.15) is 9.67 Å². The van der Waals surface area contributed by atoms with Crippen molar-refractivity contribution in [3.63, 3.8) is 0 Å². The number of methoxy groups -OCH3 is 1. The van der Waals surface area contributed by atoms with Gasteiger partial charge in [0.05, 0.1) is 17.9 Å². The van der Waals surface area contributed by atoms with Crippen LogP contribution in [0.15, 0.2) is 29.2 Å². The van der Waals surface area contributed by atoms with Crippen molar-refractivity contribution < 1.29 is 11.7 Å². The molecule has 0 aliphatic carbocycles. The van der Waals surface area contributed by atoms with Gasteiger partial charge in [-0.25, -0.2) is 0 Å². The molecule has 0 spiro atoms. The lowest BCUT2D eigenvalue weighted by atomic mass is 10.3. The molecule has 0 saturated carbocycles. The van der Waals surface area contributed by atoms with Gasteiger partial charge in [-0.05, 0) is 24.3 Å². The Kier molecular flexibility index (Phi) is 2.36. The Morgan fingerprint density at radius 3 is 2.67 bits per heavy atom. The summed E-state index contributed by atoms with van der Waals surface area (Å²) in [7, 11) is -0.0865. The van der Waals surface area contributed by atoms with Crippen molar-refractivity contribution in [2.24, 2.45) is 0 Å². The van der Waals surface area contributed by atoms with Gasteiger partial charge < -0.3 is 4.74 Å². The van der Waals surface area contributed by atoms with E-state index >= 15 is 0 Å². The van der Waals surface area contributed by atoms with Crippen molar-refractivity contribution >= 4 is 10.8 Å². The zero-order valence-corrected chi connectivity index (χ0v) is 7.85. The standard InChI is InChI=1S/C9H12O2S/c1-3-12(10)9-6-4-8(11-2)5-7-9/h4-7H,3H2,1-2H3/i3+1DH/t3-,12?/m1/s1. The molecule has 0 bridgehead atoms. The van der Waals surface area contributed by atoms with E-state index in [-0.39, 0.29) is 0 Å². The molecule has 1 aromatic rings. The van der Waals surface area contributed by atoms with Crippen molar-refractivity contribution in [3.8, 4) is 5.75 Å². The van der Waals surface area contributed by atoms with Gasteiger partial charge in [0, 0.05) is 13.3 Å². The smallest absolute Gasteiger partial charge is 0.118 e. The van der Waals surface area contributed by atoms with Gasteiger partial charge in [-0.3, -0.25) is 4.21 Å². The molecule has 1 unspecified atom stereocenters. The summed E-state index contributed by atoms with van der Waals surface area (Å²) in [4.78, 5) is 0.471. The maximum absolute atomic E-state index is 11.6. The molecule has 0 amide bonds. The largest absolute Gasteiger partial charge is 0.497 e. The van der Waals surface area contributed by atoms with Crippen LogP contribution in [-0.4, -0.2) is 17.0 Å². The molecule has 0 aliphatic heterocycles. The summed E-state index contributed by atoms with van der Waals surface area (Å²) in [6.07, 6.45) is 0. The minimum absolute atomic E-state index is 0.471. The molecule has 0 N–H and O–H groups in total. The van der Waals surface area contributed by atoms with Crippen molar-refractivity contribution in [1.82, 2.24) is 0 Å². The first kappa shape index (κ1) is 6.66. The van der Waals surface area contributed by atoms with E-state index in [2.05, 4.69) is 0 Å². The van der Waals surface area contributed by atoms with Gasteiger partial charge in [-0.1, -0.05) is 6.92 Å². The normalized spacial score (nSPS) is 20.2. The Morgan fingerprint density at radius 1 is 1.67 bits per heavy atom. The van der Waals surface area contributed by atoms with Crippen LogP contribution >= 0.6 is 0 Å². The van der Waals surface area contributed by atoms with Gasteiger partial charge in [-0.15, -0.1) is 0 Å². The molecule has 66 valence electrons. The average molecular weight is 186 g/mol. The molecule has 0 saturated heterocycles. The van der Waals surface area contributed by atoms with Crippen LogP contribution in [-0.2, 0) is 10.8 Å². The Morgan fingerprint density at radius 2 is 2.25 bits per heavy atom. The highest BCUT2D eigenvalue weighted by molar-refractivity contribution is 7.85. The third kappa shape index (κ3) is 2.08. The SMILES string of the molecule is [1H][13C@@]([2H])(C)S(=O)c1ccc(OC)cc1. The summed E-state index contributed by atoms with van der Waals surface area (Å²) >= 11 is 0. The van der Waals surface area contributed by atoms with Crippen molar-refractivity contribution in [2.75, 3.05) is 12.8 Å². The van der Waals surface area contributed by atoms with Gasteiger partial charge in [0.2, 0.25) is 0 Å². The third-order valence-electron chi connectivity index (χ3n) is 1.46. The summed E-state index contributed by atoms with van der Waals surface area (Å²) < 4.78 is 31.1. The van der Waals surface area contributed by atoms with E-state index in [9.17, 15) is 4.21 Å². The molecule has 3 heteroatoms. The fraction of sp³-hybridized carbons (Fsp3) is 0.333. The van der Waals surface area contributed by atoms with Crippen molar-refractivity contribution in [2.45, 2.75) is 11.8 Å². The summed E-state index contributed by atoms with van der Waals surface area (Å²) in [5.41, 5.74) is -1.71. The molecule has 0 aromatic heterocycles. The second-order valence-electron chi connectivity index (χ2n) is 2.15. The number of ether oxygens (including phenoxy) is 1. The second kappa shape index (κ2) is 4.26. The summed E-state index contributed by atoms with van der Waals surface area (Å²) in [5, 5.41) is 0. The molecule has 1 aromatic carbocycles. The van der Waals surface area contributed by atoms with Crippen LogP contribution in [0.25, 0.3) is 0 Å². The van der Waals surface area contributed by atoms with Crippen LogP contribution in [0.3, 0.4) is 0 Å². The lowest BCUT2D eigenvalue weighted by molar-refractivity contribution is 0.414. The quantitative estimate of drug-likeness (QED) is 0.673. The molecule has 0 radical (unpaired) electrons. The molecule has 12 heavy (non-hydrogen) atoms. The minimum Gasteiger partial charge on any atom is -0.497 e. The van der Waals surface area contributed by atoms with E-state index in [1.165, 1.54) is 6.92 Å². The Bertz CT molecular complexity index is 330. The Labute approximate surface area is 77.8 Å². The van der Waals surface area contributed by atoms with Crippen LogP contribution in [0.5, 0.6) is 5.75 Å². The van der Waals surface area contributed by atoms with E-state index in [0.29, 0.717) is 10.6 Å². The van der Waals surface area contributed by atoms with Crippen LogP contribution in [0, 0.1) is 0 Å². The zero-order chi connectivity index (χ0) is 10.8. The molecular formula is C9H12O2S. The van der Waals surface area contributed by atoms with Gasteiger partial charge in [0.25, 0.3) is 0 Å². The number of hydrogen-bond acceptors (Lipinski definition) is 2. The van der Waals surface area contributed by atoms with Crippen molar-refractivity contribution in [3.05, 3.63) is 24.3 Å². The predicted molar refractivity (Wildman–Crippen MR) is 49.9 cm³/mol. The molecule has 2 nitrogen and oxygen atoms in total. The molecule has 0 fully saturated rings. The van der Waals surface area contributed by atoms with E-state index in [0.717, 1.165) is 0 Å². The summed E-state index contributed by atoms with van der Waals surface area (Å²) in [6, 6.07) is 6.55. The molecular weight excluding hydrogens is 173 g/mol. The zero-order valence-electron chi connectivity index (χ0n) is 9.03. The highest BCUT2D eigenvalue weighted by atomic mass is 32.2. The van der Waals surface area contributed by atoms with E-state index < -0.39 is 16.5 Å². The summed E-state index contributed by atoms with van der Waals surface area (Å²) in [6.45, 7) is 1.30. The van der Waals surface area contributed by atoms with Crippen LogP contribution in [0.2, 0.25) is 0 Å². The van der Waals surface area contributed by atoms with Gasteiger partial charge >= 0.3 is 0 Å². The van der Waals surface area contributed by atoms with Gasteiger partial charge in [0.15, 0.2) is 0 Å². The highest BCUT2D eigenvalue weighted by Crippen LogP contribution is 2.13. The lowest BCUT2D eigenvalue weighted by Crippen LogP contribution is -1.93. The summed E-state index contributed by atoms with van der Waals surface area (Å²) in [5.74, 6) is 0.669. The second-order valence-corrected chi connectivity index (χ2v) is 3.57.